The Kier molecular flexibility index (Phi) is 10.8. The molecule has 0 amide bonds. The van der Waals surface area contributed by atoms with Gasteiger partial charge in [0, 0.05) is 40.6 Å². The molecule has 0 bridgehead atoms. The zero-order valence-electron chi connectivity index (χ0n) is 26.5. The number of fused-ring (bicyclic) bond motifs is 5. The Balaban J connectivity index is 0.00000207. The van der Waals surface area contributed by atoms with Crippen LogP contribution in [0.4, 0.5) is 0 Å². The van der Waals surface area contributed by atoms with Crippen molar-refractivity contribution in [1.29, 1.82) is 0 Å². The van der Waals surface area contributed by atoms with Crippen LogP contribution in [0.2, 0.25) is 0 Å². The Morgan fingerprint density at radius 3 is 2.58 bits per heavy atom. The molecule has 3 atom stereocenters. The molecule has 3 aliphatic rings. The summed E-state index contributed by atoms with van der Waals surface area (Å²) in [7, 11) is 5.64. The number of aromatic hydroxyl groups is 1. The number of phenolic OH excluding ortho intramolecular Hbond substituents is 1. The van der Waals surface area contributed by atoms with E-state index in [0.717, 1.165) is 39.1 Å². The summed E-state index contributed by atoms with van der Waals surface area (Å²) < 4.78 is 29.8. The normalized spacial score (nSPS) is 20.2. The van der Waals surface area contributed by atoms with E-state index in [1.807, 2.05) is 41.8 Å². The zero-order chi connectivity index (χ0) is 31.4. The maximum absolute atomic E-state index is 12.6. The van der Waals surface area contributed by atoms with Crippen LogP contribution in [0.3, 0.4) is 0 Å². The molecular formula is C33H46N2O7S. The van der Waals surface area contributed by atoms with Crippen molar-refractivity contribution in [3.05, 3.63) is 52.1 Å². The highest BCUT2D eigenvalue weighted by Crippen LogP contribution is 2.55. The number of phenols is 1. The van der Waals surface area contributed by atoms with E-state index < -0.39 is 0 Å². The summed E-state index contributed by atoms with van der Waals surface area (Å²) in [6, 6.07) is 1.52. The molecule has 1 N–H and O–H groups in total. The molecule has 2 aromatic rings. The standard InChI is InChI=1S/C31H40N2O7S.C2H6/c1-7-11-37-29-18(3)30-31(40-16-39-30)25-20(29)14-21-26(32(4)5)24-19(13-17(2)28(36-6)27(24)35)8-10-33(21)22(25)15-38-23(34)9-12-41;1-2/h7,13,21-22,26,35,41H,1,8-12,14-16H2,2-6H3;1-2H3. The van der Waals surface area contributed by atoms with E-state index >= 15 is 0 Å². The van der Waals surface area contributed by atoms with Crippen LogP contribution in [-0.4, -0.2) is 80.4 Å². The summed E-state index contributed by atoms with van der Waals surface area (Å²) in [5.74, 6) is 2.86. The van der Waals surface area contributed by atoms with Gasteiger partial charge in [-0.25, -0.2) is 0 Å². The predicted molar refractivity (Wildman–Crippen MR) is 170 cm³/mol. The number of aryl methyl sites for hydroxylation is 1. The molecule has 3 aliphatic heterocycles. The maximum atomic E-state index is 12.6. The quantitative estimate of drug-likeness (QED) is 0.221. The first-order chi connectivity index (χ1) is 20.7. The first-order valence-electron chi connectivity index (χ1n) is 15.0. The first-order valence-corrected chi connectivity index (χ1v) is 15.6. The van der Waals surface area contributed by atoms with Crippen molar-refractivity contribution in [3.8, 4) is 28.7 Å². The Hall–Kier alpha value is -3.08. The van der Waals surface area contributed by atoms with Gasteiger partial charge in [0.25, 0.3) is 0 Å². The highest BCUT2D eigenvalue weighted by atomic mass is 32.1. The van der Waals surface area contributed by atoms with Gasteiger partial charge in [0.15, 0.2) is 23.0 Å². The van der Waals surface area contributed by atoms with Crippen molar-refractivity contribution < 1.29 is 33.6 Å². The third kappa shape index (κ3) is 6.01. The second-order valence-corrected chi connectivity index (χ2v) is 11.4. The van der Waals surface area contributed by atoms with E-state index in [4.69, 9.17) is 23.7 Å². The molecule has 10 heteroatoms. The first kappa shape index (κ1) is 32.8. The molecule has 5 rings (SSSR count). The lowest BCUT2D eigenvalue weighted by molar-refractivity contribution is -0.145. The van der Waals surface area contributed by atoms with Crippen LogP contribution in [-0.2, 0) is 22.4 Å². The van der Waals surface area contributed by atoms with Crippen molar-refractivity contribution in [2.24, 2.45) is 0 Å². The van der Waals surface area contributed by atoms with Crippen LogP contribution in [0.25, 0.3) is 0 Å². The molecule has 0 radical (unpaired) electrons. The Morgan fingerprint density at radius 2 is 1.93 bits per heavy atom. The lowest BCUT2D eigenvalue weighted by Gasteiger charge is -2.47. The van der Waals surface area contributed by atoms with E-state index in [2.05, 4.69) is 35.1 Å². The number of thiol groups is 1. The van der Waals surface area contributed by atoms with Gasteiger partial charge in [0.05, 0.1) is 25.6 Å². The smallest absolute Gasteiger partial charge is 0.306 e. The monoisotopic (exact) mass is 614 g/mol. The minimum atomic E-state index is -0.323. The summed E-state index contributed by atoms with van der Waals surface area (Å²) >= 11 is 4.21. The number of hydrogen-bond donors (Lipinski definition) is 2. The highest BCUT2D eigenvalue weighted by molar-refractivity contribution is 7.80. The fourth-order valence-electron chi connectivity index (χ4n) is 6.80. The van der Waals surface area contributed by atoms with E-state index in [-0.39, 0.29) is 49.7 Å². The minimum Gasteiger partial charge on any atom is -0.504 e. The number of likely N-dealkylation sites (N-methyl/N-ethyl adjacent to an activating group) is 1. The molecule has 0 saturated carbocycles. The van der Waals surface area contributed by atoms with Gasteiger partial charge in [-0.15, -0.1) is 0 Å². The molecule has 0 aliphatic carbocycles. The number of carbonyl (C=O) groups excluding carboxylic acids is 1. The van der Waals surface area contributed by atoms with E-state index in [0.29, 0.717) is 49.0 Å². The van der Waals surface area contributed by atoms with Gasteiger partial charge < -0.3 is 33.7 Å². The summed E-state index contributed by atoms with van der Waals surface area (Å²) in [6.07, 6.45) is 3.28. The minimum absolute atomic E-state index is 0.0866. The summed E-state index contributed by atoms with van der Waals surface area (Å²) in [5.41, 5.74) is 5.63. The van der Waals surface area contributed by atoms with Crippen molar-refractivity contribution in [2.45, 2.75) is 65.1 Å². The number of nitrogens with zero attached hydrogens (tertiary/aromatic N) is 2. The largest absolute Gasteiger partial charge is 0.504 e. The highest BCUT2D eigenvalue weighted by Gasteiger charge is 2.47. The van der Waals surface area contributed by atoms with Gasteiger partial charge in [-0.05, 0) is 51.9 Å². The molecule has 236 valence electrons. The third-order valence-electron chi connectivity index (χ3n) is 8.40. The van der Waals surface area contributed by atoms with Crippen LogP contribution in [0.5, 0.6) is 28.7 Å². The maximum Gasteiger partial charge on any atom is 0.306 e. The lowest BCUT2D eigenvalue weighted by Crippen LogP contribution is -2.51. The second-order valence-electron chi connectivity index (χ2n) is 11.0. The fourth-order valence-corrected chi connectivity index (χ4v) is 6.98. The number of benzene rings is 2. The van der Waals surface area contributed by atoms with Gasteiger partial charge in [-0.3, -0.25) is 9.69 Å². The number of methoxy groups -OCH3 is 1. The molecule has 3 unspecified atom stereocenters. The molecule has 3 heterocycles. The van der Waals surface area contributed by atoms with Gasteiger partial charge >= 0.3 is 5.97 Å². The summed E-state index contributed by atoms with van der Waals surface area (Å²) in [4.78, 5) is 17.1. The SMILES string of the molecule is C=CCOc1c(C)c2c(c3c1CC1C(N(C)C)c4c(cc(C)c(OC)c4O)CCN1C3COC(=O)CCS)OCO2.CC. The van der Waals surface area contributed by atoms with Crippen LogP contribution >= 0.6 is 12.6 Å². The molecule has 2 aromatic carbocycles. The van der Waals surface area contributed by atoms with Gasteiger partial charge in [-0.1, -0.05) is 32.6 Å². The Bertz CT molecular complexity index is 1350. The predicted octanol–water partition coefficient (Wildman–Crippen LogP) is 5.33. The summed E-state index contributed by atoms with van der Waals surface area (Å²) in [5, 5.41) is 11.6. The molecular weight excluding hydrogens is 568 g/mol. The summed E-state index contributed by atoms with van der Waals surface area (Å²) in [6.45, 7) is 13.0. The molecule has 43 heavy (non-hydrogen) atoms. The fraction of sp³-hybridized carbons (Fsp3) is 0.545. The van der Waals surface area contributed by atoms with E-state index in [9.17, 15) is 9.90 Å². The van der Waals surface area contributed by atoms with Crippen molar-refractivity contribution in [3.63, 3.8) is 0 Å². The van der Waals surface area contributed by atoms with Crippen LogP contribution in [0, 0.1) is 13.8 Å². The molecule has 0 saturated heterocycles. The number of carbonyl (C=O) groups is 1. The van der Waals surface area contributed by atoms with Crippen LogP contribution < -0.4 is 18.9 Å². The van der Waals surface area contributed by atoms with Crippen molar-refractivity contribution in [1.82, 2.24) is 9.80 Å². The van der Waals surface area contributed by atoms with Crippen LogP contribution in [0.1, 0.15) is 65.7 Å². The van der Waals surface area contributed by atoms with Gasteiger partial charge in [-0.2, -0.15) is 12.6 Å². The van der Waals surface area contributed by atoms with E-state index in [1.165, 1.54) is 0 Å². The van der Waals surface area contributed by atoms with Crippen molar-refractivity contribution >= 4 is 18.6 Å². The lowest BCUT2D eigenvalue weighted by atomic mass is 9.81. The molecule has 0 fully saturated rings. The number of esters is 1. The van der Waals surface area contributed by atoms with E-state index in [1.54, 1.807) is 13.2 Å². The molecule has 9 nitrogen and oxygen atoms in total. The molecule has 0 aromatic heterocycles. The topological polar surface area (TPSA) is 89.9 Å². The number of rotatable bonds is 9. The van der Waals surface area contributed by atoms with Gasteiger partial charge in [0.1, 0.15) is 19.0 Å². The third-order valence-corrected chi connectivity index (χ3v) is 8.62. The Labute approximate surface area is 261 Å². The van der Waals surface area contributed by atoms with Crippen molar-refractivity contribution in [2.75, 3.05) is 53.5 Å². The average Bonchev–Trinajstić information content (AvgIpc) is 3.41. The second kappa shape index (κ2) is 14.1. The van der Waals surface area contributed by atoms with Crippen LogP contribution in [0.15, 0.2) is 18.7 Å². The average molecular weight is 615 g/mol. The Morgan fingerprint density at radius 1 is 1.21 bits per heavy atom. The number of hydrogen-bond acceptors (Lipinski definition) is 10. The van der Waals surface area contributed by atoms with Gasteiger partial charge in [0.2, 0.25) is 6.79 Å². The molecule has 0 spiro atoms. The zero-order valence-corrected chi connectivity index (χ0v) is 27.4. The number of ether oxygens (including phenoxy) is 5.